The van der Waals surface area contributed by atoms with Gasteiger partial charge in [0.05, 0.1) is 6.10 Å². The van der Waals surface area contributed by atoms with Crippen LogP contribution in [0.15, 0.2) is 72.8 Å². The number of benzene rings is 3. The van der Waals surface area contributed by atoms with Crippen LogP contribution in [0.2, 0.25) is 0 Å². The lowest BCUT2D eigenvalue weighted by molar-refractivity contribution is -0.142. The third kappa shape index (κ3) is 6.54. The number of rotatable bonds is 9. The Balaban J connectivity index is 1.66. The Morgan fingerprint density at radius 1 is 0.909 bits per heavy atom. The molecule has 2 amide bonds. The number of hydrogen-bond acceptors (Lipinski definition) is 5. The maximum atomic E-state index is 12.8. The van der Waals surface area contributed by atoms with Crippen LogP contribution in [-0.4, -0.2) is 46.4 Å². The van der Waals surface area contributed by atoms with Gasteiger partial charge < -0.3 is 25.6 Å². The van der Waals surface area contributed by atoms with Crippen LogP contribution in [0, 0.1) is 0 Å². The van der Waals surface area contributed by atoms with E-state index in [0.29, 0.717) is 0 Å². The Morgan fingerprint density at radius 2 is 1.58 bits per heavy atom. The molecule has 33 heavy (non-hydrogen) atoms. The van der Waals surface area contributed by atoms with Gasteiger partial charge in [-0.05, 0) is 28.8 Å². The summed E-state index contributed by atoms with van der Waals surface area (Å²) in [6.45, 7) is 1.31. The van der Waals surface area contributed by atoms with E-state index in [4.69, 9.17) is 4.74 Å². The molecular weight excluding hydrogens is 424 g/mol. The number of carbonyl (C=O) groups is 3. The normalized spacial score (nSPS) is 13.5. The molecule has 0 fully saturated rings. The predicted octanol–water partition coefficient (Wildman–Crippen LogP) is 2.63. The predicted molar refractivity (Wildman–Crippen MR) is 122 cm³/mol. The van der Waals surface area contributed by atoms with Crippen molar-refractivity contribution in [2.24, 2.45) is 0 Å². The van der Waals surface area contributed by atoms with Gasteiger partial charge in [0, 0.05) is 6.42 Å². The first kappa shape index (κ1) is 23.7. The van der Waals surface area contributed by atoms with Gasteiger partial charge in [-0.1, -0.05) is 72.8 Å². The number of aliphatic hydroxyl groups excluding tert-OH is 1. The number of amides is 2. The number of carboxylic acid groups (broad SMARTS) is 1. The highest BCUT2D eigenvalue weighted by molar-refractivity contribution is 5.91. The van der Waals surface area contributed by atoms with E-state index in [9.17, 15) is 24.6 Å². The topological polar surface area (TPSA) is 125 Å². The van der Waals surface area contributed by atoms with Gasteiger partial charge >= 0.3 is 12.1 Å². The van der Waals surface area contributed by atoms with Gasteiger partial charge in [0.2, 0.25) is 5.91 Å². The summed E-state index contributed by atoms with van der Waals surface area (Å²) in [7, 11) is 0. The van der Waals surface area contributed by atoms with Crippen molar-refractivity contribution in [1.82, 2.24) is 10.6 Å². The molecule has 172 valence electrons. The van der Waals surface area contributed by atoms with E-state index in [-0.39, 0.29) is 13.0 Å². The SMILES string of the molecule is C[C@@H](O)[C@H](NC(=O)OCc1ccccc1)C(=O)N[C@H](Cc1cccc2ccccc12)C(=O)O. The Morgan fingerprint density at radius 3 is 2.27 bits per heavy atom. The molecule has 3 atom stereocenters. The van der Waals surface area contributed by atoms with E-state index in [1.54, 1.807) is 30.3 Å². The fourth-order valence-corrected chi connectivity index (χ4v) is 3.45. The first-order chi connectivity index (χ1) is 15.8. The average Bonchev–Trinajstić information content (AvgIpc) is 2.81. The zero-order valence-corrected chi connectivity index (χ0v) is 18.1. The molecule has 3 aromatic rings. The van der Waals surface area contributed by atoms with Crippen molar-refractivity contribution in [3.05, 3.63) is 83.9 Å². The number of hydrogen-bond donors (Lipinski definition) is 4. The van der Waals surface area contributed by atoms with Gasteiger partial charge in [-0.25, -0.2) is 9.59 Å². The van der Waals surface area contributed by atoms with Crippen LogP contribution in [-0.2, 0) is 27.4 Å². The lowest BCUT2D eigenvalue weighted by Gasteiger charge is -2.23. The molecule has 3 aromatic carbocycles. The van der Waals surface area contributed by atoms with Crippen molar-refractivity contribution in [2.45, 2.75) is 38.1 Å². The fraction of sp³-hybridized carbons (Fsp3) is 0.240. The molecule has 4 N–H and O–H groups in total. The monoisotopic (exact) mass is 450 g/mol. The summed E-state index contributed by atoms with van der Waals surface area (Å²) in [6, 6.07) is 19.4. The molecule has 8 heteroatoms. The van der Waals surface area contributed by atoms with Crippen LogP contribution in [0.4, 0.5) is 4.79 Å². The van der Waals surface area contributed by atoms with Crippen LogP contribution in [0.1, 0.15) is 18.1 Å². The highest BCUT2D eigenvalue weighted by Gasteiger charge is 2.30. The van der Waals surface area contributed by atoms with Gasteiger partial charge in [0.25, 0.3) is 0 Å². The van der Waals surface area contributed by atoms with Crippen LogP contribution in [0.5, 0.6) is 0 Å². The number of aliphatic hydroxyl groups is 1. The van der Waals surface area contributed by atoms with Crippen LogP contribution < -0.4 is 10.6 Å². The number of alkyl carbamates (subject to hydrolysis) is 1. The van der Waals surface area contributed by atoms with Gasteiger partial charge in [0.1, 0.15) is 18.7 Å². The minimum Gasteiger partial charge on any atom is -0.480 e. The van der Waals surface area contributed by atoms with E-state index in [1.807, 2.05) is 42.5 Å². The Labute approximate surface area is 191 Å². The quantitative estimate of drug-likeness (QED) is 0.397. The van der Waals surface area contributed by atoms with Crippen molar-refractivity contribution in [3.63, 3.8) is 0 Å². The van der Waals surface area contributed by atoms with Crippen LogP contribution in [0.25, 0.3) is 10.8 Å². The molecule has 0 saturated heterocycles. The number of carbonyl (C=O) groups excluding carboxylic acids is 2. The van der Waals surface area contributed by atoms with Crippen molar-refractivity contribution in [3.8, 4) is 0 Å². The Hall–Kier alpha value is -3.91. The standard InChI is InChI=1S/C25H26N2O6/c1-16(28)22(27-25(32)33-15-17-8-3-2-4-9-17)23(29)26-21(24(30)31)14-19-12-7-11-18-10-5-6-13-20(18)19/h2-13,16,21-22,28H,14-15H2,1H3,(H,26,29)(H,27,32)(H,30,31)/t16-,21-,22+/m1/s1. The molecular formula is C25H26N2O6. The molecule has 8 nitrogen and oxygen atoms in total. The van der Waals surface area contributed by atoms with Gasteiger partial charge in [-0.15, -0.1) is 0 Å². The first-order valence-electron chi connectivity index (χ1n) is 10.5. The smallest absolute Gasteiger partial charge is 0.408 e. The van der Waals surface area contributed by atoms with Crippen LogP contribution >= 0.6 is 0 Å². The number of aliphatic carboxylic acids is 1. The maximum Gasteiger partial charge on any atom is 0.408 e. The second-order valence-corrected chi connectivity index (χ2v) is 7.67. The summed E-state index contributed by atoms with van der Waals surface area (Å²) >= 11 is 0. The van der Waals surface area contributed by atoms with Crippen molar-refractivity contribution >= 4 is 28.7 Å². The lowest BCUT2D eigenvalue weighted by atomic mass is 9.98. The molecule has 0 aliphatic heterocycles. The zero-order valence-electron chi connectivity index (χ0n) is 18.1. The summed E-state index contributed by atoms with van der Waals surface area (Å²) in [5.74, 6) is -2.05. The van der Waals surface area contributed by atoms with Gasteiger partial charge in [-0.3, -0.25) is 4.79 Å². The van der Waals surface area contributed by atoms with Gasteiger partial charge in [0.15, 0.2) is 0 Å². The Bertz CT molecular complexity index is 1110. The molecule has 0 aliphatic rings. The molecule has 0 aromatic heterocycles. The molecule has 0 bridgehead atoms. The second kappa shape index (κ2) is 11.1. The third-order valence-corrected chi connectivity index (χ3v) is 5.17. The van der Waals surface area contributed by atoms with Crippen molar-refractivity contribution in [2.75, 3.05) is 0 Å². The second-order valence-electron chi connectivity index (χ2n) is 7.67. The summed E-state index contributed by atoms with van der Waals surface area (Å²) in [5, 5.41) is 26.3. The summed E-state index contributed by atoms with van der Waals surface area (Å²) in [5.41, 5.74) is 1.51. The molecule has 0 saturated carbocycles. The number of fused-ring (bicyclic) bond motifs is 1. The summed E-state index contributed by atoms with van der Waals surface area (Å²) in [6.07, 6.45) is -2.14. The average molecular weight is 450 g/mol. The minimum absolute atomic E-state index is 0.0142. The van der Waals surface area contributed by atoms with Gasteiger partial charge in [-0.2, -0.15) is 0 Å². The zero-order chi connectivity index (χ0) is 23.8. The molecule has 0 radical (unpaired) electrons. The van der Waals surface area contributed by atoms with Crippen molar-refractivity contribution < 1.29 is 29.3 Å². The molecule has 0 unspecified atom stereocenters. The summed E-state index contributed by atoms with van der Waals surface area (Å²) < 4.78 is 5.10. The van der Waals surface area contributed by atoms with E-state index >= 15 is 0 Å². The third-order valence-electron chi connectivity index (χ3n) is 5.17. The van der Waals surface area contributed by atoms with Crippen LogP contribution in [0.3, 0.4) is 0 Å². The number of ether oxygens (including phenoxy) is 1. The van der Waals surface area contributed by atoms with E-state index < -0.39 is 36.2 Å². The van der Waals surface area contributed by atoms with Crippen molar-refractivity contribution in [1.29, 1.82) is 0 Å². The maximum absolute atomic E-state index is 12.8. The fourth-order valence-electron chi connectivity index (χ4n) is 3.45. The highest BCUT2D eigenvalue weighted by Crippen LogP contribution is 2.20. The molecule has 0 spiro atoms. The molecule has 0 aliphatic carbocycles. The molecule has 0 heterocycles. The first-order valence-corrected chi connectivity index (χ1v) is 10.5. The lowest BCUT2D eigenvalue weighted by Crippen LogP contribution is -2.56. The van der Waals surface area contributed by atoms with E-state index in [1.165, 1.54) is 6.92 Å². The van der Waals surface area contributed by atoms with E-state index in [2.05, 4.69) is 10.6 Å². The number of carboxylic acids is 1. The van der Waals surface area contributed by atoms with E-state index in [0.717, 1.165) is 21.9 Å². The minimum atomic E-state index is -1.39. The number of nitrogens with one attached hydrogen (secondary N) is 2. The largest absolute Gasteiger partial charge is 0.480 e. The summed E-state index contributed by atoms with van der Waals surface area (Å²) in [4.78, 5) is 36.8. The molecule has 3 rings (SSSR count). The highest BCUT2D eigenvalue weighted by atomic mass is 16.5. The Kier molecular flexibility index (Phi) is 7.99.